The van der Waals surface area contributed by atoms with Crippen LogP contribution in [0.3, 0.4) is 0 Å². The van der Waals surface area contributed by atoms with Crippen LogP contribution in [-0.2, 0) is 9.53 Å². The summed E-state index contributed by atoms with van der Waals surface area (Å²) < 4.78 is 4.93. The zero-order valence-electron chi connectivity index (χ0n) is 13.9. The van der Waals surface area contributed by atoms with Gasteiger partial charge in [-0.2, -0.15) is 0 Å². The van der Waals surface area contributed by atoms with Gasteiger partial charge in [-0.25, -0.2) is 4.79 Å². The van der Waals surface area contributed by atoms with Crippen molar-refractivity contribution < 1.29 is 9.53 Å². The zero-order chi connectivity index (χ0) is 15.6. The van der Waals surface area contributed by atoms with Crippen molar-refractivity contribution in [3.05, 3.63) is 24.8 Å². The quantitative estimate of drug-likeness (QED) is 0.161. The minimum Gasteiger partial charge on any atom is -0.463 e. The van der Waals surface area contributed by atoms with Crippen molar-refractivity contribution >= 4 is 5.97 Å². The van der Waals surface area contributed by atoms with Gasteiger partial charge in [0.1, 0.15) is 0 Å². The molecule has 0 aliphatic carbocycles. The first-order valence-electron chi connectivity index (χ1n) is 8.75. The number of ether oxygens (including phenoxy) is 1. The molecule has 0 N–H and O–H groups in total. The molecule has 0 heterocycles. The third-order valence-corrected chi connectivity index (χ3v) is 3.57. The Labute approximate surface area is 131 Å². The Morgan fingerprint density at radius 1 is 0.857 bits per heavy atom. The molecule has 0 rings (SSSR count). The minimum atomic E-state index is -0.309. The van der Waals surface area contributed by atoms with Crippen LogP contribution in [0.25, 0.3) is 0 Å². The molecule has 0 aliphatic rings. The van der Waals surface area contributed by atoms with E-state index in [0.717, 1.165) is 12.8 Å². The lowest BCUT2D eigenvalue weighted by Crippen LogP contribution is -2.01. The van der Waals surface area contributed by atoms with Crippen molar-refractivity contribution in [3.8, 4) is 0 Å². The van der Waals surface area contributed by atoms with Gasteiger partial charge in [-0.3, -0.25) is 0 Å². The Balaban J connectivity index is 3.10. The standard InChI is InChI=1S/C19H34O2/c1-3-5-6-7-8-9-10-11-12-13-14-15-16-17-18-21-19(20)4-2/h4,9-10H,2-3,5-8,11-18H2,1H3/b10-9+. The molecule has 0 spiro atoms. The summed E-state index contributed by atoms with van der Waals surface area (Å²) in [6.07, 6.45) is 21.1. The molecule has 0 saturated heterocycles. The highest BCUT2D eigenvalue weighted by Gasteiger charge is 1.95. The fourth-order valence-corrected chi connectivity index (χ4v) is 2.23. The van der Waals surface area contributed by atoms with E-state index in [1.165, 1.54) is 70.3 Å². The highest BCUT2D eigenvalue weighted by molar-refractivity contribution is 5.81. The number of rotatable bonds is 15. The van der Waals surface area contributed by atoms with E-state index in [1.54, 1.807) is 0 Å². The highest BCUT2D eigenvalue weighted by atomic mass is 16.5. The third-order valence-electron chi connectivity index (χ3n) is 3.57. The Morgan fingerprint density at radius 2 is 1.38 bits per heavy atom. The van der Waals surface area contributed by atoms with Crippen LogP contribution in [0, 0.1) is 0 Å². The number of carbonyl (C=O) groups excluding carboxylic acids is 1. The van der Waals surface area contributed by atoms with E-state index >= 15 is 0 Å². The molecular weight excluding hydrogens is 260 g/mol. The van der Waals surface area contributed by atoms with Crippen LogP contribution in [-0.4, -0.2) is 12.6 Å². The summed E-state index contributed by atoms with van der Waals surface area (Å²) in [5, 5.41) is 0. The SMILES string of the molecule is C=CC(=O)OCCCCCCCC/C=C/CCCCCC. The van der Waals surface area contributed by atoms with Crippen LogP contribution in [0.1, 0.15) is 84.0 Å². The average molecular weight is 294 g/mol. The van der Waals surface area contributed by atoms with Gasteiger partial charge in [0.25, 0.3) is 0 Å². The van der Waals surface area contributed by atoms with Gasteiger partial charge in [-0.1, -0.05) is 70.6 Å². The Bertz CT molecular complexity index is 269. The van der Waals surface area contributed by atoms with E-state index in [2.05, 4.69) is 25.7 Å². The number of unbranched alkanes of at least 4 members (excludes halogenated alkanes) is 10. The molecule has 0 fully saturated rings. The second kappa shape index (κ2) is 17.0. The maximum Gasteiger partial charge on any atom is 0.330 e. The lowest BCUT2D eigenvalue weighted by molar-refractivity contribution is -0.137. The monoisotopic (exact) mass is 294 g/mol. The number of allylic oxidation sites excluding steroid dienone is 2. The van der Waals surface area contributed by atoms with Crippen LogP contribution in [0.5, 0.6) is 0 Å². The summed E-state index contributed by atoms with van der Waals surface area (Å²) >= 11 is 0. The van der Waals surface area contributed by atoms with E-state index in [0.29, 0.717) is 6.61 Å². The van der Waals surface area contributed by atoms with Crippen molar-refractivity contribution in [2.75, 3.05) is 6.61 Å². The summed E-state index contributed by atoms with van der Waals surface area (Å²) in [5.74, 6) is -0.309. The van der Waals surface area contributed by atoms with Gasteiger partial charge < -0.3 is 4.74 Å². The summed E-state index contributed by atoms with van der Waals surface area (Å²) in [5.41, 5.74) is 0. The lowest BCUT2D eigenvalue weighted by atomic mass is 10.1. The summed E-state index contributed by atoms with van der Waals surface area (Å²) in [6.45, 7) is 6.16. The molecule has 0 unspecified atom stereocenters. The Kier molecular flexibility index (Phi) is 16.2. The molecule has 2 nitrogen and oxygen atoms in total. The molecular formula is C19H34O2. The number of esters is 1. The molecule has 2 heteroatoms. The van der Waals surface area contributed by atoms with Gasteiger partial charge >= 0.3 is 5.97 Å². The van der Waals surface area contributed by atoms with Crippen LogP contribution >= 0.6 is 0 Å². The van der Waals surface area contributed by atoms with Gasteiger partial charge in [0.2, 0.25) is 0 Å². The topological polar surface area (TPSA) is 26.3 Å². The van der Waals surface area contributed by atoms with Gasteiger partial charge in [0.15, 0.2) is 0 Å². The molecule has 122 valence electrons. The molecule has 0 radical (unpaired) electrons. The molecule has 0 saturated carbocycles. The predicted molar refractivity (Wildman–Crippen MR) is 91.4 cm³/mol. The Morgan fingerprint density at radius 3 is 1.95 bits per heavy atom. The Hall–Kier alpha value is -1.05. The third kappa shape index (κ3) is 16.9. The van der Waals surface area contributed by atoms with Gasteiger partial charge in [-0.05, 0) is 32.1 Å². The summed E-state index contributed by atoms with van der Waals surface area (Å²) in [6, 6.07) is 0. The van der Waals surface area contributed by atoms with Crippen LogP contribution in [0.4, 0.5) is 0 Å². The molecule has 0 aromatic heterocycles. The maximum atomic E-state index is 10.8. The molecule has 0 aliphatic heterocycles. The van der Waals surface area contributed by atoms with Crippen molar-refractivity contribution in [1.82, 2.24) is 0 Å². The van der Waals surface area contributed by atoms with Gasteiger partial charge in [0.05, 0.1) is 6.61 Å². The van der Waals surface area contributed by atoms with E-state index < -0.39 is 0 Å². The molecule has 0 amide bonds. The normalized spacial score (nSPS) is 10.9. The first-order chi connectivity index (χ1) is 10.3. The molecule has 0 aromatic rings. The van der Waals surface area contributed by atoms with E-state index in [4.69, 9.17) is 4.74 Å². The number of hydrogen-bond acceptors (Lipinski definition) is 2. The maximum absolute atomic E-state index is 10.8. The largest absolute Gasteiger partial charge is 0.463 e. The number of carbonyl (C=O) groups is 1. The van der Waals surface area contributed by atoms with Crippen LogP contribution in [0.15, 0.2) is 24.8 Å². The van der Waals surface area contributed by atoms with Crippen molar-refractivity contribution in [1.29, 1.82) is 0 Å². The lowest BCUT2D eigenvalue weighted by Gasteiger charge is -2.02. The second-order valence-corrected chi connectivity index (χ2v) is 5.60. The fourth-order valence-electron chi connectivity index (χ4n) is 2.23. The van der Waals surface area contributed by atoms with Gasteiger partial charge in [-0.15, -0.1) is 0 Å². The molecule has 0 bridgehead atoms. The van der Waals surface area contributed by atoms with Crippen molar-refractivity contribution in [2.45, 2.75) is 84.0 Å². The van der Waals surface area contributed by atoms with E-state index in [1.807, 2.05) is 0 Å². The minimum absolute atomic E-state index is 0.309. The van der Waals surface area contributed by atoms with Crippen LogP contribution in [0.2, 0.25) is 0 Å². The second-order valence-electron chi connectivity index (χ2n) is 5.60. The fraction of sp³-hybridized carbons (Fsp3) is 0.737. The van der Waals surface area contributed by atoms with E-state index in [-0.39, 0.29) is 5.97 Å². The van der Waals surface area contributed by atoms with Crippen molar-refractivity contribution in [2.24, 2.45) is 0 Å². The first kappa shape index (κ1) is 19.9. The van der Waals surface area contributed by atoms with Crippen molar-refractivity contribution in [3.63, 3.8) is 0 Å². The molecule has 0 atom stereocenters. The first-order valence-corrected chi connectivity index (χ1v) is 8.75. The number of hydrogen-bond donors (Lipinski definition) is 0. The van der Waals surface area contributed by atoms with Gasteiger partial charge in [0, 0.05) is 6.08 Å². The predicted octanol–water partition coefficient (Wildman–Crippen LogP) is 5.97. The summed E-state index contributed by atoms with van der Waals surface area (Å²) in [4.78, 5) is 10.8. The van der Waals surface area contributed by atoms with Crippen LogP contribution < -0.4 is 0 Å². The average Bonchev–Trinajstić information content (AvgIpc) is 2.50. The van der Waals surface area contributed by atoms with E-state index in [9.17, 15) is 4.79 Å². The smallest absolute Gasteiger partial charge is 0.330 e. The zero-order valence-corrected chi connectivity index (χ0v) is 13.9. The molecule has 21 heavy (non-hydrogen) atoms. The molecule has 0 aromatic carbocycles. The summed E-state index contributed by atoms with van der Waals surface area (Å²) in [7, 11) is 0. The highest BCUT2D eigenvalue weighted by Crippen LogP contribution is 2.09.